The van der Waals surface area contributed by atoms with Gasteiger partial charge in [-0.3, -0.25) is 9.59 Å². The molecule has 3 saturated heterocycles. The van der Waals surface area contributed by atoms with Gasteiger partial charge in [-0.05, 0) is 43.5 Å². The van der Waals surface area contributed by atoms with Gasteiger partial charge in [0.2, 0.25) is 5.91 Å². The zero-order valence-corrected chi connectivity index (χ0v) is 16.7. The van der Waals surface area contributed by atoms with Crippen molar-refractivity contribution in [3.63, 3.8) is 0 Å². The smallest absolute Gasteiger partial charge is 0.253 e. The van der Waals surface area contributed by atoms with Crippen LogP contribution in [0.1, 0.15) is 29.2 Å². The largest absolute Gasteiger partial charge is 0.274 e. The van der Waals surface area contributed by atoms with Crippen LogP contribution in [-0.2, 0) is 9.59 Å². The molecule has 0 unspecified atom stereocenters. The Morgan fingerprint density at radius 3 is 2.25 bits per heavy atom. The molecular weight excluding hydrogens is 374 g/mol. The summed E-state index contributed by atoms with van der Waals surface area (Å²) in [6, 6.07) is 13.2. The summed E-state index contributed by atoms with van der Waals surface area (Å²) >= 11 is 6.27. The molecular formula is C22H22ClN3O2. The van der Waals surface area contributed by atoms with Crippen molar-refractivity contribution in [3.8, 4) is 0 Å². The van der Waals surface area contributed by atoms with E-state index in [0.717, 1.165) is 30.6 Å². The molecule has 0 spiro atoms. The zero-order valence-electron chi connectivity index (χ0n) is 15.9. The van der Waals surface area contributed by atoms with Gasteiger partial charge < -0.3 is 0 Å². The predicted molar refractivity (Wildman–Crippen MR) is 108 cm³/mol. The lowest BCUT2D eigenvalue weighted by Crippen LogP contribution is -2.44. The third-order valence-corrected chi connectivity index (χ3v) is 6.65. The van der Waals surface area contributed by atoms with E-state index in [9.17, 15) is 9.59 Å². The Bertz CT molecular complexity index is 974. The summed E-state index contributed by atoms with van der Waals surface area (Å²) in [7, 11) is 0. The van der Waals surface area contributed by atoms with Crippen molar-refractivity contribution in [1.82, 2.24) is 10.0 Å². The standard InChI is InChI=1S/C22H22ClN3O2/c1-13-4-7-15(8-5-13)19-18-20(25-11-3-10-24(19)25)22(28)26(21(18)27)16-9-6-14(2)17(23)12-16/h4-9,12,18-20H,3,10-11H2,1-2H3/t18-,19-,20+/m1/s1. The fraction of sp³-hybridized carbons (Fsp3) is 0.364. The van der Waals surface area contributed by atoms with Gasteiger partial charge in [-0.1, -0.05) is 47.5 Å². The van der Waals surface area contributed by atoms with Crippen molar-refractivity contribution < 1.29 is 9.59 Å². The summed E-state index contributed by atoms with van der Waals surface area (Å²) < 4.78 is 0. The Labute approximate surface area is 169 Å². The van der Waals surface area contributed by atoms with Crippen molar-refractivity contribution in [2.75, 3.05) is 18.0 Å². The first-order valence-electron chi connectivity index (χ1n) is 9.71. The molecule has 0 aliphatic carbocycles. The molecule has 0 saturated carbocycles. The van der Waals surface area contributed by atoms with E-state index in [2.05, 4.69) is 41.2 Å². The number of nitrogens with zero attached hydrogens (tertiary/aromatic N) is 3. The Morgan fingerprint density at radius 1 is 0.893 bits per heavy atom. The number of benzene rings is 2. The van der Waals surface area contributed by atoms with Crippen molar-refractivity contribution >= 4 is 29.1 Å². The average Bonchev–Trinajstić information content (AvgIpc) is 3.31. The van der Waals surface area contributed by atoms with Crippen LogP contribution in [0.2, 0.25) is 5.02 Å². The molecule has 3 fully saturated rings. The molecule has 144 valence electrons. The molecule has 2 aromatic rings. The van der Waals surface area contributed by atoms with Gasteiger partial charge >= 0.3 is 0 Å². The average molecular weight is 396 g/mol. The minimum atomic E-state index is -0.429. The van der Waals surface area contributed by atoms with Gasteiger partial charge in [-0.2, -0.15) is 0 Å². The topological polar surface area (TPSA) is 43.9 Å². The highest BCUT2D eigenvalue weighted by molar-refractivity contribution is 6.32. The van der Waals surface area contributed by atoms with E-state index >= 15 is 0 Å². The van der Waals surface area contributed by atoms with Gasteiger partial charge in [0.1, 0.15) is 6.04 Å². The van der Waals surface area contributed by atoms with Crippen LogP contribution in [0, 0.1) is 19.8 Å². The van der Waals surface area contributed by atoms with E-state index in [4.69, 9.17) is 11.6 Å². The summed E-state index contributed by atoms with van der Waals surface area (Å²) in [6.45, 7) is 5.65. The van der Waals surface area contributed by atoms with Gasteiger partial charge in [-0.25, -0.2) is 14.9 Å². The van der Waals surface area contributed by atoms with Crippen LogP contribution < -0.4 is 4.90 Å². The van der Waals surface area contributed by atoms with E-state index in [0.29, 0.717) is 10.7 Å². The number of carbonyl (C=O) groups is 2. The lowest BCUT2D eigenvalue weighted by Gasteiger charge is -2.30. The molecule has 6 heteroatoms. The maximum Gasteiger partial charge on any atom is 0.253 e. The first-order chi connectivity index (χ1) is 13.5. The van der Waals surface area contributed by atoms with Crippen molar-refractivity contribution in [3.05, 3.63) is 64.2 Å². The van der Waals surface area contributed by atoms with Crippen molar-refractivity contribution in [2.24, 2.45) is 5.92 Å². The number of carbonyl (C=O) groups excluding carboxylic acids is 2. The number of aryl methyl sites for hydroxylation is 2. The van der Waals surface area contributed by atoms with E-state index in [1.54, 1.807) is 12.1 Å². The van der Waals surface area contributed by atoms with Gasteiger partial charge in [0.15, 0.2) is 0 Å². The highest BCUT2D eigenvalue weighted by Gasteiger charge is 2.62. The molecule has 0 bridgehead atoms. The van der Waals surface area contributed by atoms with E-state index in [1.807, 2.05) is 13.0 Å². The zero-order chi connectivity index (χ0) is 19.6. The second-order valence-electron chi connectivity index (χ2n) is 7.95. The SMILES string of the molecule is Cc1ccc([C@@H]2[C@H]3C(=O)N(c4ccc(C)c(Cl)c4)C(=O)[C@H]3N3CCCN23)cc1. The van der Waals surface area contributed by atoms with Crippen LogP contribution in [0.5, 0.6) is 0 Å². The highest BCUT2D eigenvalue weighted by Crippen LogP contribution is 2.49. The van der Waals surface area contributed by atoms with Gasteiger partial charge in [0.05, 0.1) is 17.6 Å². The molecule has 0 N–H and O–H groups in total. The normalized spacial score (nSPS) is 27.5. The maximum absolute atomic E-state index is 13.5. The fourth-order valence-electron chi connectivity index (χ4n) is 4.85. The van der Waals surface area contributed by atoms with Gasteiger partial charge in [-0.15, -0.1) is 0 Å². The van der Waals surface area contributed by atoms with Crippen LogP contribution in [0.4, 0.5) is 5.69 Å². The van der Waals surface area contributed by atoms with E-state index in [1.165, 1.54) is 10.5 Å². The minimum Gasteiger partial charge on any atom is -0.274 e. The summed E-state index contributed by atoms with van der Waals surface area (Å²) in [5, 5.41) is 4.91. The third kappa shape index (κ3) is 2.47. The number of imide groups is 1. The van der Waals surface area contributed by atoms with E-state index < -0.39 is 12.0 Å². The second-order valence-corrected chi connectivity index (χ2v) is 8.36. The molecule has 2 aromatic carbocycles. The van der Waals surface area contributed by atoms with Gasteiger partial charge in [0, 0.05) is 18.1 Å². The molecule has 0 aromatic heterocycles. The number of rotatable bonds is 2. The molecule has 5 rings (SSSR count). The Kier molecular flexibility index (Phi) is 4.09. The van der Waals surface area contributed by atoms with Crippen LogP contribution in [0.3, 0.4) is 0 Å². The Morgan fingerprint density at radius 2 is 1.57 bits per heavy atom. The Balaban J connectivity index is 1.58. The van der Waals surface area contributed by atoms with Crippen LogP contribution >= 0.6 is 11.6 Å². The number of hydrogen-bond acceptors (Lipinski definition) is 4. The molecule has 3 aliphatic rings. The number of hydrogen-bond donors (Lipinski definition) is 0. The molecule has 5 nitrogen and oxygen atoms in total. The number of amides is 2. The number of anilines is 1. The van der Waals surface area contributed by atoms with Crippen LogP contribution in [0.25, 0.3) is 0 Å². The number of hydrazine groups is 1. The molecule has 28 heavy (non-hydrogen) atoms. The maximum atomic E-state index is 13.5. The molecule has 0 radical (unpaired) electrons. The highest BCUT2D eigenvalue weighted by atomic mass is 35.5. The monoisotopic (exact) mass is 395 g/mol. The lowest BCUT2D eigenvalue weighted by molar-refractivity contribution is -0.126. The number of fused-ring (bicyclic) bond motifs is 3. The summed E-state index contributed by atoms with van der Waals surface area (Å²) in [5.41, 5.74) is 3.76. The Hall–Kier alpha value is -2.21. The predicted octanol–water partition coefficient (Wildman–Crippen LogP) is 3.49. The second kappa shape index (κ2) is 6.41. The summed E-state index contributed by atoms with van der Waals surface area (Å²) in [5.74, 6) is -0.665. The molecule has 3 aliphatic heterocycles. The fourth-order valence-corrected chi connectivity index (χ4v) is 5.03. The van der Waals surface area contributed by atoms with Crippen molar-refractivity contribution in [2.45, 2.75) is 32.4 Å². The first kappa shape index (κ1) is 17.9. The van der Waals surface area contributed by atoms with Crippen LogP contribution in [-0.4, -0.2) is 41.0 Å². The quantitative estimate of drug-likeness (QED) is 0.730. The van der Waals surface area contributed by atoms with E-state index in [-0.39, 0.29) is 17.9 Å². The minimum absolute atomic E-state index is 0.101. The third-order valence-electron chi connectivity index (χ3n) is 6.24. The van der Waals surface area contributed by atoms with Crippen LogP contribution in [0.15, 0.2) is 42.5 Å². The summed E-state index contributed by atoms with van der Waals surface area (Å²) in [6.07, 6.45) is 1.00. The molecule has 3 atom stereocenters. The molecule has 3 heterocycles. The first-order valence-corrected chi connectivity index (χ1v) is 10.1. The molecule has 2 amide bonds. The number of halogens is 1. The summed E-state index contributed by atoms with van der Waals surface area (Å²) in [4.78, 5) is 28.2. The van der Waals surface area contributed by atoms with Gasteiger partial charge in [0.25, 0.3) is 5.91 Å². The lowest BCUT2D eigenvalue weighted by atomic mass is 9.89. The van der Waals surface area contributed by atoms with Crippen molar-refractivity contribution in [1.29, 1.82) is 0 Å².